The summed E-state index contributed by atoms with van der Waals surface area (Å²) in [6.07, 6.45) is -0.824. The van der Waals surface area contributed by atoms with Gasteiger partial charge in [-0.2, -0.15) is 0 Å². The summed E-state index contributed by atoms with van der Waals surface area (Å²) in [7, 11) is -8.10. The molecule has 0 bridgehead atoms. The first-order valence-electron chi connectivity index (χ1n) is 12.6. The van der Waals surface area contributed by atoms with Gasteiger partial charge in [0.2, 0.25) is 0 Å². The molecule has 4 rings (SSSR count). The van der Waals surface area contributed by atoms with Crippen molar-refractivity contribution in [1.82, 2.24) is 0 Å². The molecule has 1 saturated heterocycles. The molecule has 9 nitrogen and oxygen atoms in total. The minimum absolute atomic E-state index is 0.00476. The lowest BCUT2D eigenvalue weighted by atomic mass is 9.95. The Balaban J connectivity index is 1.64. The molecule has 3 aromatic rings. The third kappa shape index (κ3) is 6.49. The molecule has 1 N–H and O–H groups in total. The van der Waals surface area contributed by atoms with Crippen molar-refractivity contribution < 1.29 is 41.0 Å². The molecule has 3 aromatic carbocycles. The van der Waals surface area contributed by atoms with E-state index in [0.717, 1.165) is 0 Å². The van der Waals surface area contributed by atoms with Crippen molar-refractivity contribution in [3.63, 3.8) is 0 Å². The predicted molar refractivity (Wildman–Crippen MR) is 146 cm³/mol. The van der Waals surface area contributed by atoms with Crippen molar-refractivity contribution in [2.45, 2.75) is 35.2 Å². The van der Waals surface area contributed by atoms with Crippen LogP contribution in [0.2, 0.25) is 0 Å². The van der Waals surface area contributed by atoms with Gasteiger partial charge in [0.1, 0.15) is 5.92 Å². The molecule has 0 saturated carbocycles. The molecule has 11 heteroatoms. The second kappa shape index (κ2) is 12.0. The lowest BCUT2D eigenvalue weighted by Crippen LogP contribution is -2.38. The Morgan fingerprint density at radius 2 is 1.48 bits per heavy atom. The van der Waals surface area contributed by atoms with E-state index in [2.05, 4.69) is 0 Å². The number of carbonyl (C=O) groups is 2. The minimum atomic E-state index is -4.06. The number of aryl methyl sites for hydroxylation is 1. The van der Waals surface area contributed by atoms with Crippen molar-refractivity contribution in [3.05, 3.63) is 95.6 Å². The fourth-order valence-electron chi connectivity index (χ4n) is 4.46. The van der Waals surface area contributed by atoms with Crippen LogP contribution in [-0.4, -0.2) is 57.9 Å². The number of hydrogen-bond donors (Lipinski definition) is 1. The van der Waals surface area contributed by atoms with Gasteiger partial charge in [-0.3, -0.25) is 9.59 Å². The van der Waals surface area contributed by atoms with Crippen LogP contribution in [-0.2, 0) is 33.9 Å². The van der Waals surface area contributed by atoms with Gasteiger partial charge >= 0.3 is 5.97 Å². The molecule has 1 heterocycles. The van der Waals surface area contributed by atoms with Crippen molar-refractivity contribution in [2.24, 2.45) is 11.8 Å². The first-order valence-corrected chi connectivity index (χ1v) is 15.8. The maximum Gasteiger partial charge on any atom is 0.311 e. The molecule has 0 radical (unpaired) electrons. The fourth-order valence-corrected chi connectivity index (χ4v) is 7.96. The van der Waals surface area contributed by atoms with Crippen LogP contribution in [0.4, 0.5) is 0 Å². The number of benzene rings is 3. The van der Waals surface area contributed by atoms with Gasteiger partial charge in [-0.25, -0.2) is 16.8 Å². The molecular formula is C29H30O9S2. The molecule has 0 aromatic heterocycles. The third-order valence-electron chi connectivity index (χ3n) is 6.93. The summed E-state index contributed by atoms with van der Waals surface area (Å²) in [6, 6.07) is 19.9. The van der Waals surface area contributed by atoms with Crippen LogP contribution >= 0.6 is 0 Å². The quantitative estimate of drug-likeness (QED) is 0.350. The van der Waals surface area contributed by atoms with E-state index >= 15 is 0 Å². The van der Waals surface area contributed by atoms with Gasteiger partial charge < -0.3 is 14.6 Å². The van der Waals surface area contributed by atoms with E-state index in [0.29, 0.717) is 11.1 Å². The summed E-state index contributed by atoms with van der Waals surface area (Å²) in [6.45, 7) is 3.03. The first kappa shape index (κ1) is 29.6. The molecule has 0 spiro atoms. The fraction of sp³-hybridized carbons (Fsp3) is 0.310. The van der Waals surface area contributed by atoms with Gasteiger partial charge in [-0.15, -0.1) is 0 Å². The van der Waals surface area contributed by atoms with Crippen molar-refractivity contribution in [1.29, 1.82) is 0 Å². The summed E-state index contributed by atoms with van der Waals surface area (Å²) < 4.78 is 64.8. The number of carboxylic acids is 1. The Hall–Kier alpha value is -3.38. The highest BCUT2D eigenvalue weighted by atomic mass is 32.2. The lowest BCUT2D eigenvalue weighted by Gasteiger charge is -2.27. The number of carbonyl (C=O) groups excluding carboxylic acids is 1. The summed E-state index contributed by atoms with van der Waals surface area (Å²) in [5, 5.41) is 7.76. The highest BCUT2D eigenvalue weighted by Gasteiger charge is 2.39. The van der Waals surface area contributed by atoms with Crippen LogP contribution < -0.4 is 0 Å². The Bertz CT molecular complexity index is 1570. The third-order valence-corrected chi connectivity index (χ3v) is 10.9. The minimum Gasteiger partial charge on any atom is -0.481 e. The van der Waals surface area contributed by atoms with Crippen LogP contribution in [0, 0.1) is 18.8 Å². The summed E-state index contributed by atoms with van der Waals surface area (Å²) >= 11 is 0. The first-order chi connectivity index (χ1) is 18.9. The standard InChI is InChI=1S/C29H30O9S2/c1-19-7-6-10-25(15-19)39(33,34)18-26(20(2)40(35,36)24-8-4-3-5-9-24)27(30)21-11-13-22(14-12-21)29-37-16-23(17-38-29)28(31)32/h3-15,20,23,26,29H,16-18H2,1-2H3,(H,31,32). The van der Waals surface area contributed by atoms with Crippen molar-refractivity contribution >= 4 is 31.4 Å². The van der Waals surface area contributed by atoms with E-state index < -0.39 is 60.6 Å². The second-order valence-corrected chi connectivity index (χ2v) is 14.1. The highest BCUT2D eigenvalue weighted by molar-refractivity contribution is 7.92. The number of sulfone groups is 2. The number of ether oxygens (including phenoxy) is 2. The van der Waals surface area contributed by atoms with Gasteiger partial charge in [0.05, 0.1) is 39.9 Å². The number of carboxylic acid groups (broad SMARTS) is 1. The van der Waals surface area contributed by atoms with Gasteiger partial charge in [0.25, 0.3) is 0 Å². The average Bonchev–Trinajstić information content (AvgIpc) is 2.96. The van der Waals surface area contributed by atoms with Crippen LogP contribution in [0.15, 0.2) is 88.7 Å². The van der Waals surface area contributed by atoms with E-state index in [1.54, 1.807) is 49.4 Å². The van der Waals surface area contributed by atoms with Gasteiger partial charge in [0, 0.05) is 11.1 Å². The van der Waals surface area contributed by atoms with Crippen LogP contribution in [0.3, 0.4) is 0 Å². The SMILES string of the molecule is Cc1cccc(S(=O)(=O)CC(C(=O)c2ccc(C3OCC(C(=O)O)CO3)cc2)C(C)S(=O)(=O)c2ccccc2)c1. The molecule has 1 aliphatic rings. The van der Waals surface area contributed by atoms with Crippen LogP contribution in [0.5, 0.6) is 0 Å². The number of rotatable bonds is 10. The lowest BCUT2D eigenvalue weighted by molar-refractivity contribution is -0.211. The van der Waals surface area contributed by atoms with Crippen molar-refractivity contribution in [2.75, 3.05) is 19.0 Å². The van der Waals surface area contributed by atoms with Gasteiger partial charge in [-0.1, -0.05) is 54.6 Å². The zero-order chi connectivity index (χ0) is 29.1. The van der Waals surface area contributed by atoms with E-state index in [1.165, 1.54) is 43.3 Å². The summed E-state index contributed by atoms with van der Waals surface area (Å²) in [5.41, 5.74) is 1.38. The molecule has 0 amide bonds. The molecular weight excluding hydrogens is 556 g/mol. The summed E-state index contributed by atoms with van der Waals surface area (Å²) in [5.74, 6) is -4.53. The molecule has 2 atom stereocenters. The zero-order valence-corrected chi connectivity index (χ0v) is 23.6. The zero-order valence-electron chi connectivity index (χ0n) is 22.0. The molecule has 0 aliphatic carbocycles. The topological polar surface area (TPSA) is 141 Å². The Morgan fingerprint density at radius 3 is 2.05 bits per heavy atom. The number of aliphatic carboxylic acids is 1. The normalized spacial score (nSPS) is 19.4. The maximum absolute atomic E-state index is 13.8. The van der Waals surface area contributed by atoms with E-state index in [1.807, 2.05) is 0 Å². The molecule has 2 unspecified atom stereocenters. The summed E-state index contributed by atoms with van der Waals surface area (Å²) in [4.78, 5) is 24.9. The Labute approximate surface area is 233 Å². The van der Waals surface area contributed by atoms with Crippen LogP contribution in [0.1, 0.15) is 34.7 Å². The van der Waals surface area contributed by atoms with E-state index in [4.69, 9.17) is 14.6 Å². The van der Waals surface area contributed by atoms with Crippen LogP contribution in [0.25, 0.3) is 0 Å². The van der Waals surface area contributed by atoms with E-state index in [-0.39, 0.29) is 28.6 Å². The van der Waals surface area contributed by atoms with Crippen molar-refractivity contribution in [3.8, 4) is 0 Å². The molecule has 1 fully saturated rings. The van der Waals surface area contributed by atoms with Gasteiger partial charge in [-0.05, 0) is 43.7 Å². The monoisotopic (exact) mass is 586 g/mol. The molecule has 40 heavy (non-hydrogen) atoms. The Morgan fingerprint density at radius 1 is 0.875 bits per heavy atom. The largest absolute Gasteiger partial charge is 0.481 e. The Kier molecular flexibility index (Phi) is 8.89. The molecule has 212 valence electrons. The number of hydrogen-bond acceptors (Lipinski definition) is 8. The maximum atomic E-state index is 13.8. The highest BCUT2D eigenvalue weighted by Crippen LogP contribution is 2.30. The predicted octanol–water partition coefficient (Wildman–Crippen LogP) is 3.88. The smallest absolute Gasteiger partial charge is 0.311 e. The van der Waals surface area contributed by atoms with E-state index in [9.17, 15) is 26.4 Å². The number of Topliss-reactive ketones (excluding diaryl/α,β-unsaturated/α-hetero) is 1. The average molecular weight is 587 g/mol. The number of ketones is 1. The molecule has 1 aliphatic heterocycles. The van der Waals surface area contributed by atoms with Gasteiger partial charge in [0.15, 0.2) is 31.7 Å². The second-order valence-electron chi connectivity index (χ2n) is 9.79.